The van der Waals surface area contributed by atoms with Gasteiger partial charge in [-0.2, -0.15) is 0 Å². The minimum absolute atomic E-state index is 0.224. The van der Waals surface area contributed by atoms with Gasteiger partial charge in [0, 0.05) is 32.1 Å². The number of hydrogen-bond acceptors (Lipinski definition) is 5. The Hall–Kier alpha value is -3.06. The van der Waals surface area contributed by atoms with Crippen LogP contribution in [0.1, 0.15) is 23.0 Å². The number of nitrogens with zero attached hydrogens (tertiary/aromatic N) is 2. The largest absolute Gasteiger partial charge is 0.497 e. The molecule has 0 bridgehead atoms. The lowest BCUT2D eigenvalue weighted by Gasteiger charge is -2.21. The van der Waals surface area contributed by atoms with Crippen LogP contribution in [0.5, 0.6) is 17.2 Å². The topological polar surface area (TPSA) is 57.5 Å². The van der Waals surface area contributed by atoms with Crippen molar-refractivity contribution < 1.29 is 18.6 Å². The number of imidazole rings is 1. The van der Waals surface area contributed by atoms with Gasteiger partial charge in [0.25, 0.3) is 0 Å². The molecule has 0 saturated heterocycles. The van der Waals surface area contributed by atoms with E-state index < -0.39 is 5.82 Å². The van der Waals surface area contributed by atoms with E-state index in [0.717, 1.165) is 17.0 Å². The van der Waals surface area contributed by atoms with Crippen LogP contribution in [0.3, 0.4) is 0 Å². The van der Waals surface area contributed by atoms with E-state index >= 15 is 0 Å². The fourth-order valence-corrected chi connectivity index (χ4v) is 3.05. The molecule has 1 atom stereocenters. The second kappa shape index (κ2) is 8.75. The zero-order valence-corrected chi connectivity index (χ0v) is 16.4. The van der Waals surface area contributed by atoms with Crippen LogP contribution in [0.4, 0.5) is 4.39 Å². The fraction of sp³-hybridized carbons (Fsp3) is 0.286. The molecule has 0 aliphatic rings. The van der Waals surface area contributed by atoms with Gasteiger partial charge in [-0.25, -0.2) is 9.37 Å². The summed E-state index contributed by atoms with van der Waals surface area (Å²) in [6.45, 7) is 0.442. The number of hydrogen-bond donors (Lipinski definition) is 1. The van der Waals surface area contributed by atoms with Crippen LogP contribution in [-0.2, 0) is 13.6 Å². The van der Waals surface area contributed by atoms with Crippen molar-refractivity contribution >= 4 is 0 Å². The van der Waals surface area contributed by atoms with Gasteiger partial charge >= 0.3 is 0 Å². The van der Waals surface area contributed by atoms with E-state index in [4.69, 9.17) is 14.2 Å². The molecule has 0 radical (unpaired) electrons. The van der Waals surface area contributed by atoms with Gasteiger partial charge in [-0.1, -0.05) is 6.07 Å². The molecule has 1 heterocycles. The van der Waals surface area contributed by atoms with Crippen molar-refractivity contribution in [1.29, 1.82) is 0 Å². The Bertz CT molecular complexity index is 920. The summed E-state index contributed by atoms with van der Waals surface area (Å²) in [4.78, 5) is 4.49. The molecule has 0 aliphatic heterocycles. The molecule has 6 nitrogen and oxygen atoms in total. The average molecular weight is 385 g/mol. The Morgan fingerprint density at radius 2 is 1.75 bits per heavy atom. The Labute approximate surface area is 163 Å². The third-order valence-corrected chi connectivity index (χ3v) is 4.55. The highest BCUT2D eigenvalue weighted by Crippen LogP contribution is 2.30. The van der Waals surface area contributed by atoms with Crippen molar-refractivity contribution in [3.8, 4) is 17.2 Å². The summed E-state index contributed by atoms with van der Waals surface area (Å²) in [7, 11) is 6.61. The third-order valence-electron chi connectivity index (χ3n) is 4.55. The third kappa shape index (κ3) is 4.26. The normalized spacial score (nSPS) is 11.9. The summed E-state index contributed by atoms with van der Waals surface area (Å²) in [6.07, 6.45) is 3.63. The summed E-state index contributed by atoms with van der Waals surface area (Å²) < 4.78 is 31.8. The molecule has 0 saturated carbocycles. The maximum atomic E-state index is 14.0. The van der Waals surface area contributed by atoms with Gasteiger partial charge in [0.15, 0.2) is 11.6 Å². The van der Waals surface area contributed by atoms with Gasteiger partial charge in [0.05, 0.1) is 27.4 Å². The molecule has 3 rings (SSSR count). The Morgan fingerprint density at radius 3 is 2.29 bits per heavy atom. The van der Waals surface area contributed by atoms with Crippen LogP contribution in [-0.4, -0.2) is 30.9 Å². The Kier molecular flexibility index (Phi) is 6.16. The molecule has 0 spiro atoms. The Balaban J connectivity index is 1.93. The predicted octanol–water partition coefficient (Wildman–Crippen LogP) is 3.46. The first-order valence-corrected chi connectivity index (χ1v) is 8.81. The van der Waals surface area contributed by atoms with Crippen molar-refractivity contribution in [3.63, 3.8) is 0 Å². The van der Waals surface area contributed by atoms with E-state index in [-0.39, 0.29) is 11.8 Å². The van der Waals surface area contributed by atoms with Crippen LogP contribution in [0.25, 0.3) is 0 Å². The van der Waals surface area contributed by atoms with Gasteiger partial charge in [0.2, 0.25) is 0 Å². The number of rotatable bonds is 8. The van der Waals surface area contributed by atoms with Crippen LogP contribution in [0.2, 0.25) is 0 Å². The summed E-state index contributed by atoms with van der Waals surface area (Å²) in [5.74, 6) is 2.03. The number of aryl methyl sites for hydroxylation is 1. The lowest BCUT2D eigenvalue weighted by Crippen LogP contribution is -2.25. The zero-order valence-electron chi connectivity index (χ0n) is 16.4. The van der Waals surface area contributed by atoms with Crippen molar-refractivity contribution in [2.75, 3.05) is 21.3 Å². The van der Waals surface area contributed by atoms with E-state index in [9.17, 15) is 4.39 Å². The first-order chi connectivity index (χ1) is 13.5. The quantitative estimate of drug-likeness (QED) is 0.644. The highest BCUT2D eigenvalue weighted by molar-refractivity contribution is 5.41. The molecule has 1 N–H and O–H groups in total. The number of benzene rings is 2. The average Bonchev–Trinajstić information content (AvgIpc) is 3.13. The van der Waals surface area contributed by atoms with E-state index in [1.165, 1.54) is 13.2 Å². The standard InChI is InChI=1S/C21H24FN3O3/c1-25-8-7-23-21(25)20(15-10-16(26-2)12-17(11-15)27-3)24-13-14-5-6-19(28-4)18(22)9-14/h5-12,20,24H,13H2,1-4H3. The van der Waals surface area contributed by atoms with Gasteiger partial charge in [0.1, 0.15) is 17.3 Å². The van der Waals surface area contributed by atoms with E-state index in [2.05, 4.69) is 10.3 Å². The van der Waals surface area contributed by atoms with Gasteiger partial charge in [-0.05, 0) is 35.4 Å². The number of ether oxygens (including phenoxy) is 3. The molecule has 2 aromatic carbocycles. The predicted molar refractivity (Wildman–Crippen MR) is 104 cm³/mol. The number of methoxy groups -OCH3 is 3. The van der Waals surface area contributed by atoms with Gasteiger partial charge < -0.3 is 18.8 Å². The summed E-state index contributed by atoms with van der Waals surface area (Å²) >= 11 is 0. The van der Waals surface area contributed by atoms with Crippen LogP contribution >= 0.6 is 0 Å². The van der Waals surface area contributed by atoms with Gasteiger partial charge in [-0.3, -0.25) is 5.32 Å². The maximum Gasteiger partial charge on any atom is 0.165 e. The summed E-state index contributed by atoms with van der Waals surface area (Å²) in [5, 5.41) is 3.46. The number of halogens is 1. The molecule has 0 aliphatic carbocycles. The van der Waals surface area contributed by atoms with E-state index in [1.54, 1.807) is 26.5 Å². The van der Waals surface area contributed by atoms with Crippen molar-refractivity contribution in [1.82, 2.24) is 14.9 Å². The van der Waals surface area contributed by atoms with Crippen molar-refractivity contribution in [2.45, 2.75) is 12.6 Å². The second-order valence-electron chi connectivity index (χ2n) is 6.33. The molecule has 3 aromatic rings. The number of nitrogens with one attached hydrogen (secondary N) is 1. The van der Waals surface area contributed by atoms with Crippen LogP contribution in [0, 0.1) is 5.82 Å². The van der Waals surface area contributed by atoms with E-state index in [1.807, 2.05) is 42.1 Å². The Morgan fingerprint density at radius 1 is 1.04 bits per heavy atom. The maximum absolute atomic E-state index is 14.0. The smallest absolute Gasteiger partial charge is 0.165 e. The van der Waals surface area contributed by atoms with Crippen LogP contribution in [0.15, 0.2) is 48.8 Å². The molecular weight excluding hydrogens is 361 g/mol. The SMILES string of the molecule is COc1cc(OC)cc(C(NCc2ccc(OC)c(F)c2)c2nccn2C)c1. The second-order valence-corrected chi connectivity index (χ2v) is 6.33. The zero-order chi connectivity index (χ0) is 20.1. The minimum atomic E-state index is -0.390. The first kappa shape index (κ1) is 19.7. The van der Waals surface area contributed by atoms with Crippen molar-refractivity contribution in [3.05, 3.63) is 71.6 Å². The summed E-state index contributed by atoms with van der Waals surface area (Å²) in [6, 6.07) is 10.4. The molecule has 1 aromatic heterocycles. The molecule has 7 heteroatoms. The fourth-order valence-electron chi connectivity index (χ4n) is 3.05. The van der Waals surface area contributed by atoms with E-state index in [0.29, 0.717) is 18.0 Å². The highest BCUT2D eigenvalue weighted by Gasteiger charge is 2.20. The monoisotopic (exact) mass is 385 g/mol. The summed E-state index contributed by atoms with van der Waals surface area (Å²) in [5.41, 5.74) is 1.73. The molecule has 148 valence electrons. The van der Waals surface area contributed by atoms with Crippen LogP contribution < -0.4 is 19.5 Å². The molecular formula is C21H24FN3O3. The molecule has 28 heavy (non-hydrogen) atoms. The molecule has 0 amide bonds. The lowest BCUT2D eigenvalue weighted by molar-refractivity contribution is 0.386. The van der Waals surface area contributed by atoms with Gasteiger partial charge in [-0.15, -0.1) is 0 Å². The first-order valence-electron chi connectivity index (χ1n) is 8.81. The molecule has 1 unspecified atom stereocenters. The molecule has 0 fully saturated rings. The lowest BCUT2D eigenvalue weighted by atomic mass is 10.0. The minimum Gasteiger partial charge on any atom is -0.497 e. The highest BCUT2D eigenvalue weighted by atomic mass is 19.1. The van der Waals surface area contributed by atoms with Crippen molar-refractivity contribution in [2.24, 2.45) is 7.05 Å². The number of aromatic nitrogens is 2.